The Bertz CT molecular complexity index is 702. The van der Waals surface area contributed by atoms with Gasteiger partial charge in [-0.05, 0) is 38.6 Å². The lowest BCUT2D eigenvalue weighted by atomic mass is 10.1. The summed E-state index contributed by atoms with van der Waals surface area (Å²) in [6.45, 7) is 4.35. The summed E-state index contributed by atoms with van der Waals surface area (Å²) >= 11 is 3.47. The number of halogens is 1. The van der Waals surface area contributed by atoms with Gasteiger partial charge in [0, 0.05) is 22.6 Å². The standard InChI is InChI=1S/C17H22BrN3O3/c1-5-14(17(22)19-16-8-11(2)24-20-16)21(3)10-12-9-13(18)6-7-15(12)23-4/h6-9,14H,5,10H2,1-4H3,(H,19,20,22). The Morgan fingerprint density at radius 3 is 2.79 bits per heavy atom. The Hall–Kier alpha value is -1.86. The number of hydrogen-bond acceptors (Lipinski definition) is 5. The minimum Gasteiger partial charge on any atom is -0.496 e. The molecule has 1 atom stereocenters. The van der Waals surface area contributed by atoms with Crippen LogP contribution in [0.5, 0.6) is 5.75 Å². The van der Waals surface area contributed by atoms with Crippen LogP contribution in [0, 0.1) is 6.92 Å². The van der Waals surface area contributed by atoms with Crippen molar-refractivity contribution in [3.8, 4) is 5.75 Å². The molecule has 24 heavy (non-hydrogen) atoms. The number of hydrogen-bond donors (Lipinski definition) is 1. The van der Waals surface area contributed by atoms with Gasteiger partial charge in [0.25, 0.3) is 0 Å². The Morgan fingerprint density at radius 2 is 2.21 bits per heavy atom. The van der Waals surface area contributed by atoms with Crippen molar-refractivity contribution >= 4 is 27.7 Å². The number of benzene rings is 1. The Balaban J connectivity index is 2.09. The summed E-state index contributed by atoms with van der Waals surface area (Å²) in [5.74, 6) is 1.78. The zero-order valence-electron chi connectivity index (χ0n) is 14.3. The minimum atomic E-state index is -0.286. The van der Waals surface area contributed by atoms with Crippen molar-refractivity contribution in [2.45, 2.75) is 32.9 Å². The molecule has 0 aliphatic carbocycles. The van der Waals surface area contributed by atoms with E-state index >= 15 is 0 Å². The van der Waals surface area contributed by atoms with Crippen LogP contribution in [0.25, 0.3) is 0 Å². The lowest BCUT2D eigenvalue weighted by Crippen LogP contribution is -2.41. The number of anilines is 1. The molecular formula is C17H22BrN3O3. The molecule has 0 spiro atoms. The maximum atomic E-state index is 12.5. The van der Waals surface area contributed by atoms with Gasteiger partial charge in [0.15, 0.2) is 5.82 Å². The second kappa shape index (κ2) is 8.30. The zero-order valence-corrected chi connectivity index (χ0v) is 15.9. The van der Waals surface area contributed by atoms with Gasteiger partial charge in [0.1, 0.15) is 11.5 Å². The number of aromatic nitrogens is 1. The molecule has 7 heteroatoms. The molecule has 1 amide bonds. The summed E-state index contributed by atoms with van der Waals surface area (Å²) in [6.07, 6.45) is 0.676. The average Bonchev–Trinajstić information content (AvgIpc) is 2.93. The van der Waals surface area contributed by atoms with Gasteiger partial charge in [-0.1, -0.05) is 28.0 Å². The van der Waals surface area contributed by atoms with Crippen molar-refractivity contribution in [3.63, 3.8) is 0 Å². The number of carbonyl (C=O) groups excluding carboxylic acids is 1. The largest absolute Gasteiger partial charge is 0.496 e. The topological polar surface area (TPSA) is 67.6 Å². The van der Waals surface area contributed by atoms with Crippen molar-refractivity contribution in [1.29, 1.82) is 0 Å². The van der Waals surface area contributed by atoms with E-state index in [0.717, 1.165) is 15.8 Å². The van der Waals surface area contributed by atoms with E-state index in [1.54, 1.807) is 20.1 Å². The highest BCUT2D eigenvalue weighted by molar-refractivity contribution is 9.10. The molecule has 0 radical (unpaired) electrons. The van der Waals surface area contributed by atoms with Gasteiger partial charge in [-0.3, -0.25) is 9.69 Å². The molecule has 0 bridgehead atoms. The fourth-order valence-corrected chi connectivity index (χ4v) is 2.99. The molecule has 2 rings (SSSR count). The summed E-state index contributed by atoms with van der Waals surface area (Å²) < 4.78 is 11.4. The molecule has 0 fully saturated rings. The van der Waals surface area contributed by atoms with Crippen LogP contribution in [0.3, 0.4) is 0 Å². The monoisotopic (exact) mass is 395 g/mol. The molecule has 0 aliphatic rings. The lowest BCUT2D eigenvalue weighted by Gasteiger charge is -2.26. The van der Waals surface area contributed by atoms with E-state index in [9.17, 15) is 4.79 Å². The highest BCUT2D eigenvalue weighted by Gasteiger charge is 2.23. The fourth-order valence-electron chi connectivity index (χ4n) is 2.58. The first-order valence-electron chi connectivity index (χ1n) is 7.71. The average molecular weight is 396 g/mol. The van der Waals surface area contributed by atoms with Crippen molar-refractivity contribution in [3.05, 3.63) is 40.1 Å². The van der Waals surface area contributed by atoms with E-state index in [4.69, 9.17) is 9.26 Å². The molecule has 2 aromatic rings. The number of nitrogens with zero attached hydrogens (tertiary/aromatic N) is 2. The Labute approximate surface area is 150 Å². The number of carbonyl (C=O) groups is 1. The molecular weight excluding hydrogens is 374 g/mol. The third kappa shape index (κ3) is 4.58. The van der Waals surface area contributed by atoms with E-state index in [-0.39, 0.29) is 11.9 Å². The summed E-state index contributed by atoms with van der Waals surface area (Å²) in [5, 5.41) is 6.60. The number of rotatable bonds is 7. The second-order valence-electron chi connectivity index (χ2n) is 5.61. The van der Waals surface area contributed by atoms with Crippen LogP contribution in [-0.2, 0) is 11.3 Å². The van der Waals surface area contributed by atoms with Crippen LogP contribution < -0.4 is 10.1 Å². The van der Waals surface area contributed by atoms with Crippen molar-refractivity contribution < 1.29 is 14.1 Å². The number of aryl methyl sites for hydroxylation is 1. The third-order valence-electron chi connectivity index (χ3n) is 3.76. The number of amides is 1. The van der Waals surface area contributed by atoms with Crippen LogP contribution in [0.4, 0.5) is 5.82 Å². The highest BCUT2D eigenvalue weighted by Crippen LogP contribution is 2.25. The van der Waals surface area contributed by atoms with Gasteiger partial charge in [-0.2, -0.15) is 0 Å². The Kier molecular flexibility index (Phi) is 6.39. The number of ether oxygens (including phenoxy) is 1. The van der Waals surface area contributed by atoms with E-state index < -0.39 is 0 Å². The van der Waals surface area contributed by atoms with Crippen LogP contribution in [-0.4, -0.2) is 36.2 Å². The molecule has 1 unspecified atom stereocenters. The fraction of sp³-hybridized carbons (Fsp3) is 0.412. The first-order chi connectivity index (χ1) is 11.4. The van der Waals surface area contributed by atoms with E-state index in [2.05, 4.69) is 26.4 Å². The van der Waals surface area contributed by atoms with Gasteiger partial charge in [0.2, 0.25) is 5.91 Å². The van der Waals surface area contributed by atoms with Crippen LogP contribution in [0.1, 0.15) is 24.7 Å². The number of likely N-dealkylation sites (N-methyl/N-ethyl adjacent to an activating group) is 1. The summed E-state index contributed by atoms with van der Waals surface area (Å²) in [4.78, 5) is 14.5. The van der Waals surface area contributed by atoms with Gasteiger partial charge < -0.3 is 14.6 Å². The molecule has 1 aromatic carbocycles. The summed E-state index contributed by atoms with van der Waals surface area (Å²) in [7, 11) is 3.56. The first-order valence-corrected chi connectivity index (χ1v) is 8.50. The van der Waals surface area contributed by atoms with Crippen LogP contribution >= 0.6 is 15.9 Å². The van der Waals surface area contributed by atoms with E-state index in [1.807, 2.05) is 37.1 Å². The maximum Gasteiger partial charge on any atom is 0.242 e. The third-order valence-corrected chi connectivity index (χ3v) is 4.26. The normalized spacial score (nSPS) is 12.2. The van der Waals surface area contributed by atoms with E-state index in [0.29, 0.717) is 24.5 Å². The molecule has 1 N–H and O–H groups in total. The van der Waals surface area contributed by atoms with Crippen molar-refractivity contribution in [2.24, 2.45) is 0 Å². The lowest BCUT2D eigenvalue weighted by molar-refractivity contribution is -0.121. The van der Waals surface area contributed by atoms with Gasteiger partial charge in [-0.15, -0.1) is 0 Å². The summed E-state index contributed by atoms with van der Waals surface area (Å²) in [5.41, 5.74) is 1.01. The van der Waals surface area contributed by atoms with Crippen LogP contribution in [0.15, 0.2) is 33.3 Å². The smallest absolute Gasteiger partial charge is 0.242 e. The van der Waals surface area contributed by atoms with Gasteiger partial charge >= 0.3 is 0 Å². The zero-order chi connectivity index (χ0) is 17.7. The Morgan fingerprint density at radius 1 is 1.46 bits per heavy atom. The predicted octanol–water partition coefficient (Wildman–Crippen LogP) is 3.60. The van der Waals surface area contributed by atoms with Crippen molar-refractivity contribution in [2.75, 3.05) is 19.5 Å². The highest BCUT2D eigenvalue weighted by atomic mass is 79.9. The predicted molar refractivity (Wildman–Crippen MR) is 96.1 cm³/mol. The molecule has 130 valence electrons. The molecule has 6 nitrogen and oxygen atoms in total. The quantitative estimate of drug-likeness (QED) is 0.775. The molecule has 1 heterocycles. The van der Waals surface area contributed by atoms with Gasteiger partial charge in [-0.25, -0.2) is 0 Å². The van der Waals surface area contributed by atoms with E-state index in [1.165, 1.54) is 0 Å². The number of methoxy groups -OCH3 is 1. The minimum absolute atomic E-state index is 0.109. The molecule has 1 aromatic heterocycles. The first kappa shape index (κ1) is 18.5. The maximum absolute atomic E-state index is 12.5. The summed E-state index contributed by atoms with van der Waals surface area (Å²) in [6, 6.07) is 7.25. The molecule has 0 saturated carbocycles. The van der Waals surface area contributed by atoms with Gasteiger partial charge in [0.05, 0.1) is 13.2 Å². The SMILES string of the molecule is CCC(C(=O)Nc1cc(C)on1)N(C)Cc1cc(Br)ccc1OC. The number of nitrogens with one attached hydrogen (secondary N) is 1. The van der Waals surface area contributed by atoms with Crippen molar-refractivity contribution in [1.82, 2.24) is 10.1 Å². The molecule has 0 aliphatic heterocycles. The molecule has 0 saturated heterocycles. The van der Waals surface area contributed by atoms with Crippen LogP contribution in [0.2, 0.25) is 0 Å². The second-order valence-corrected chi connectivity index (χ2v) is 6.52.